The van der Waals surface area contributed by atoms with Crippen molar-refractivity contribution >= 4 is 19.8 Å². The van der Waals surface area contributed by atoms with Crippen LogP contribution in [0.5, 0.6) is 0 Å². The Morgan fingerprint density at radius 3 is 1.65 bits per heavy atom. The molecule has 0 aliphatic heterocycles. The van der Waals surface area contributed by atoms with Crippen molar-refractivity contribution in [2.24, 2.45) is 0 Å². The van der Waals surface area contributed by atoms with Crippen LogP contribution in [0.15, 0.2) is 12.2 Å². The van der Waals surface area contributed by atoms with Crippen LogP contribution >= 0.6 is 7.82 Å². The summed E-state index contributed by atoms with van der Waals surface area (Å²) in [7, 11) is 1.41. The molecule has 0 aliphatic carbocycles. The molecule has 0 bridgehead atoms. The van der Waals surface area contributed by atoms with Gasteiger partial charge in [-0.1, -0.05) is 154 Å². The summed E-state index contributed by atoms with van der Waals surface area (Å²) < 4.78 is 34.2. The number of nitrogens with zero attached hydrogens (tertiary/aromatic N) is 1. The normalized spacial score (nSPS) is 14.3. The summed E-state index contributed by atoms with van der Waals surface area (Å²) >= 11 is 0. The smallest absolute Gasteiger partial charge is 0.462 e. The maximum absolute atomic E-state index is 12.7. The number of phosphoric ester groups is 1. The lowest BCUT2D eigenvalue weighted by Crippen LogP contribution is -2.37. The first-order valence-electron chi connectivity index (χ1n) is 21.7. The molecular weight excluding hydrogens is 709 g/mol. The Morgan fingerprint density at radius 1 is 0.648 bits per heavy atom. The third kappa shape index (κ3) is 37.6. The van der Waals surface area contributed by atoms with Crippen molar-refractivity contribution in [1.29, 1.82) is 0 Å². The van der Waals surface area contributed by atoms with E-state index in [4.69, 9.17) is 18.5 Å². The van der Waals surface area contributed by atoms with E-state index in [1.165, 1.54) is 89.9 Å². The Labute approximate surface area is 330 Å². The summed E-state index contributed by atoms with van der Waals surface area (Å²) in [6.45, 7) is 4.27. The van der Waals surface area contributed by atoms with Crippen LogP contribution in [0, 0.1) is 0 Å². The molecule has 54 heavy (non-hydrogen) atoms. The zero-order chi connectivity index (χ0) is 40.2. The highest BCUT2D eigenvalue weighted by Gasteiger charge is 2.27. The van der Waals surface area contributed by atoms with Crippen LogP contribution < -0.4 is 0 Å². The summed E-state index contributed by atoms with van der Waals surface area (Å²) in [6.07, 6.45) is 31.1. The predicted octanol–water partition coefficient (Wildman–Crippen LogP) is 11.3. The topological polar surface area (TPSA) is 138 Å². The Hall–Kier alpha value is -1.33. The number of likely N-dealkylation sites (N-methyl/N-ethyl adjacent to an activating group) is 1. The average molecular weight is 793 g/mol. The van der Waals surface area contributed by atoms with Crippen LogP contribution in [0.25, 0.3) is 0 Å². The van der Waals surface area contributed by atoms with Crippen LogP contribution in [0.3, 0.4) is 0 Å². The Bertz CT molecular complexity index is 958. The lowest BCUT2D eigenvalue weighted by molar-refractivity contribution is -0.870. The summed E-state index contributed by atoms with van der Waals surface area (Å²) in [5.41, 5.74) is 0. The number of allylic oxidation sites excluding steroid dienone is 1. The maximum Gasteiger partial charge on any atom is 0.472 e. The number of rotatable bonds is 40. The third-order valence-electron chi connectivity index (χ3n) is 9.48. The zero-order valence-corrected chi connectivity index (χ0v) is 36.2. The first kappa shape index (κ1) is 52.7. The van der Waals surface area contributed by atoms with Crippen molar-refractivity contribution in [3.05, 3.63) is 12.2 Å². The van der Waals surface area contributed by atoms with Gasteiger partial charge in [0.2, 0.25) is 0 Å². The van der Waals surface area contributed by atoms with Gasteiger partial charge in [0.25, 0.3) is 0 Å². The van der Waals surface area contributed by atoms with Gasteiger partial charge in [-0.2, -0.15) is 0 Å². The zero-order valence-electron chi connectivity index (χ0n) is 35.3. The van der Waals surface area contributed by atoms with Crippen LogP contribution in [-0.2, 0) is 37.6 Å². The second-order valence-corrected chi connectivity index (χ2v) is 17.4. The number of carbonyl (C=O) groups excluding carboxylic acids is 2. The number of phosphoric acid groups is 1. The van der Waals surface area contributed by atoms with Gasteiger partial charge in [-0.15, -0.1) is 0 Å². The number of ether oxygens (including phenoxy) is 2. The third-order valence-corrected chi connectivity index (χ3v) is 10.5. The molecule has 0 aromatic heterocycles. The molecule has 11 nitrogen and oxygen atoms in total. The van der Waals surface area contributed by atoms with Gasteiger partial charge in [-0.25, -0.2) is 9.45 Å². The highest BCUT2D eigenvalue weighted by molar-refractivity contribution is 7.47. The van der Waals surface area contributed by atoms with E-state index in [-0.39, 0.29) is 32.2 Å². The van der Waals surface area contributed by atoms with Crippen LogP contribution in [0.1, 0.15) is 187 Å². The summed E-state index contributed by atoms with van der Waals surface area (Å²) in [4.78, 5) is 40.0. The van der Waals surface area contributed by atoms with Crippen molar-refractivity contribution in [3.63, 3.8) is 0 Å². The van der Waals surface area contributed by atoms with E-state index in [9.17, 15) is 24.3 Å². The standard InChI is InChI=1S/C42H82NO10P/c1-6-8-10-12-14-15-16-17-18-19-21-25-29-33-41(44)49-37-40(38-51-54(47,48)50-36-35-43(3,4)5)52-42(45)34-30-26-22-24-28-32-39(53-46)31-27-23-20-13-11-9-7-2/h27,31,39-40H,6-26,28-30,32-38H2,1-5H3,(H-,46,47,48)/p+1/b31-27+/t39?,40-/m1/s1. The first-order chi connectivity index (χ1) is 25.9. The van der Waals surface area contributed by atoms with E-state index in [0.29, 0.717) is 17.4 Å². The van der Waals surface area contributed by atoms with Gasteiger partial charge in [0.1, 0.15) is 25.9 Å². The minimum absolute atomic E-state index is 0.0133. The van der Waals surface area contributed by atoms with Crippen molar-refractivity contribution in [2.45, 2.75) is 199 Å². The Morgan fingerprint density at radius 2 is 1.13 bits per heavy atom. The average Bonchev–Trinajstić information content (AvgIpc) is 3.12. The van der Waals surface area contributed by atoms with Gasteiger partial charge in [0, 0.05) is 12.8 Å². The first-order valence-corrected chi connectivity index (χ1v) is 23.2. The summed E-state index contributed by atoms with van der Waals surface area (Å²) in [6, 6.07) is 0. The van der Waals surface area contributed by atoms with E-state index in [2.05, 4.69) is 24.8 Å². The molecule has 0 aromatic rings. The summed E-state index contributed by atoms with van der Waals surface area (Å²) in [5, 5.41) is 9.23. The van der Waals surface area contributed by atoms with E-state index in [1.807, 2.05) is 27.2 Å². The van der Waals surface area contributed by atoms with Gasteiger partial charge in [-0.05, 0) is 32.1 Å². The highest BCUT2D eigenvalue weighted by Crippen LogP contribution is 2.43. The molecule has 0 amide bonds. The minimum Gasteiger partial charge on any atom is -0.462 e. The predicted molar refractivity (Wildman–Crippen MR) is 218 cm³/mol. The Kier molecular flexibility index (Phi) is 35.2. The molecule has 0 heterocycles. The quantitative estimate of drug-likeness (QED) is 0.0117. The molecule has 0 saturated heterocycles. The fourth-order valence-corrected chi connectivity index (χ4v) is 6.74. The molecule has 2 N–H and O–H groups in total. The largest absolute Gasteiger partial charge is 0.472 e. The van der Waals surface area contributed by atoms with Gasteiger partial charge < -0.3 is 18.9 Å². The molecule has 3 atom stereocenters. The molecule has 0 fully saturated rings. The number of quaternary nitrogens is 1. The van der Waals surface area contributed by atoms with E-state index in [1.54, 1.807) is 0 Å². The van der Waals surface area contributed by atoms with E-state index < -0.39 is 32.5 Å². The molecule has 12 heteroatoms. The SMILES string of the molecule is CCCCCCC/C=C/C(CCCCCCCC(=O)O[C@H](COC(=O)CCCCCCCCCCCCCCC)COP(=O)(O)OCC[N+](C)(C)C)OO. The lowest BCUT2D eigenvalue weighted by Gasteiger charge is -2.24. The van der Waals surface area contributed by atoms with Crippen LogP contribution in [0.4, 0.5) is 0 Å². The molecular formula is C42H83NO10P+. The second-order valence-electron chi connectivity index (χ2n) is 16.0. The van der Waals surface area contributed by atoms with Gasteiger partial charge in [0.15, 0.2) is 6.10 Å². The molecule has 0 radical (unpaired) electrons. The monoisotopic (exact) mass is 793 g/mol. The second kappa shape index (κ2) is 36.0. The number of esters is 2. The fourth-order valence-electron chi connectivity index (χ4n) is 5.99. The molecule has 2 unspecified atom stereocenters. The minimum atomic E-state index is -4.40. The van der Waals surface area contributed by atoms with Crippen LogP contribution in [0.2, 0.25) is 0 Å². The molecule has 320 valence electrons. The van der Waals surface area contributed by atoms with Crippen LogP contribution in [-0.4, -0.2) is 86.3 Å². The van der Waals surface area contributed by atoms with Crippen molar-refractivity contribution < 1.29 is 52.2 Å². The van der Waals surface area contributed by atoms with Crippen molar-refractivity contribution in [2.75, 3.05) is 47.5 Å². The highest BCUT2D eigenvalue weighted by atomic mass is 31.2. The lowest BCUT2D eigenvalue weighted by atomic mass is 10.0. The molecule has 0 saturated carbocycles. The summed E-state index contributed by atoms with van der Waals surface area (Å²) in [5.74, 6) is -0.874. The number of hydrogen-bond donors (Lipinski definition) is 2. The van der Waals surface area contributed by atoms with Gasteiger partial charge >= 0.3 is 19.8 Å². The molecule has 0 spiro atoms. The molecule has 0 aromatic carbocycles. The number of carbonyl (C=O) groups is 2. The maximum atomic E-state index is 12.7. The van der Waals surface area contributed by atoms with Gasteiger partial charge in [0.05, 0.1) is 27.7 Å². The van der Waals surface area contributed by atoms with Crippen molar-refractivity contribution in [1.82, 2.24) is 0 Å². The Balaban J connectivity index is 4.49. The number of hydrogen-bond acceptors (Lipinski definition) is 9. The van der Waals surface area contributed by atoms with Crippen molar-refractivity contribution in [3.8, 4) is 0 Å². The fraction of sp³-hybridized carbons (Fsp3) is 0.905. The molecule has 0 aliphatic rings. The van der Waals surface area contributed by atoms with E-state index >= 15 is 0 Å². The number of unbranched alkanes of at least 4 members (excludes halogenated alkanes) is 21. The molecule has 0 rings (SSSR count). The van der Waals surface area contributed by atoms with E-state index in [0.717, 1.165) is 64.2 Å². The van der Waals surface area contributed by atoms with Gasteiger partial charge in [-0.3, -0.25) is 23.9 Å².